The first kappa shape index (κ1) is 43.4. The molecule has 1 amide bonds. The summed E-state index contributed by atoms with van der Waals surface area (Å²) in [7, 11) is 2.94. The molecule has 0 aromatic heterocycles. The van der Waals surface area contributed by atoms with Gasteiger partial charge in [0.1, 0.15) is 0 Å². The van der Waals surface area contributed by atoms with Gasteiger partial charge in [0.2, 0.25) is 6.41 Å². The molecule has 1 fully saturated rings. The summed E-state index contributed by atoms with van der Waals surface area (Å²) < 4.78 is 31.6. The summed E-state index contributed by atoms with van der Waals surface area (Å²) in [5.74, 6) is -2.65. The van der Waals surface area contributed by atoms with Crippen molar-refractivity contribution in [3.63, 3.8) is 0 Å². The Bertz CT molecular complexity index is 1240. The van der Waals surface area contributed by atoms with Crippen LogP contribution in [0.25, 0.3) is 0 Å². The molecule has 7 nitrogen and oxygen atoms in total. The van der Waals surface area contributed by atoms with Crippen molar-refractivity contribution in [3.05, 3.63) is 83.1 Å². The number of likely N-dealkylation sites (N-methyl/N-ethyl adjacent to an activating group) is 1. The lowest BCUT2D eigenvalue weighted by Gasteiger charge is -2.29. The lowest BCUT2D eigenvalue weighted by molar-refractivity contribution is -0.137. The van der Waals surface area contributed by atoms with Gasteiger partial charge in [-0.25, -0.2) is 13.6 Å². The molecule has 1 aromatic carbocycles. The number of allylic oxidation sites excluding steroid dienone is 6. The number of carbonyl (C=O) groups excluding carboxylic acids is 2. The van der Waals surface area contributed by atoms with Gasteiger partial charge in [-0.2, -0.15) is 5.26 Å². The smallest absolute Gasteiger partial charge is 0.337 e. The Morgan fingerprint density at radius 1 is 1.19 bits per heavy atom. The molecule has 1 aliphatic heterocycles. The first-order chi connectivity index (χ1) is 22.5. The van der Waals surface area contributed by atoms with Crippen LogP contribution in [-0.4, -0.2) is 62.5 Å². The second-order valence-corrected chi connectivity index (χ2v) is 11.5. The number of hydrogen-bond donors (Lipinski definition) is 1. The zero-order chi connectivity index (χ0) is 35.8. The molecule has 1 saturated heterocycles. The quantitative estimate of drug-likeness (QED) is 0.0712. The Morgan fingerprint density at radius 3 is 2.34 bits per heavy atom. The number of likely N-dealkylation sites (tertiary alicyclic amines) is 1. The highest BCUT2D eigenvalue weighted by Gasteiger charge is 2.35. The topological polar surface area (TPSA) is 85.7 Å². The molecule has 0 spiro atoms. The summed E-state index contributed by atoms with van der Waals surface area (Å²) in [5, 5.41) is 12.2. The van der Waals surface area contributed by atoms with Crippen LogP contribution < -0.4 is 5.32 Å². The van der Waals surface area contributed by atoms with E-state index in [0.29, 0.717) is 18.5 Å². The lowest BCUT2D eigenvalue weighted by Crippen LogP contribution is -2.32. The largest absolute Gasteiger partial charge is 0.466 e. The SMILES string of the molecule is C=C/C=C(\C/C=C\C)C1(C#N)CCCN(CC)CC1.CCCCC.CCN(C)C(/C(C(=O)OC)=C(/C)NC=O)c1ccc(F)c(F)c1. The van der Waals surface area contributed by atoms with Crippen LogP contribution >= 0.6 is 0 Å². The fourth-order valence-electron chi connectivity index (χ4n) is 5.43. The van der Waals surface area contributed by atoms with Crippen molar-refractivity contribution in [3.8, 4) is 6.07 Å². The summed E-state index contributed by atoms with van der Waals surface area (Å²) in [4.78, 5) is 27.1. The summed E-state index contributed by atoms with van der Waals surface area (Å²) in [5.41, 5.74) is 1.73. The minimum atomic E-state index is -1.01. The van der Waals surface area contributed by atoms with Crippen molar-refractivity contribution >= 4 is 12.4 Å². The maximum atomic E-state index is 13.6. The second-order valence-electron chi connectivity index (χ2n) is 11.5. The molecule has 1 N–H and O–H groups in total. The van der Waals surface area contributed by atoms with Gasteiger partial charge in [0.05, 0.1) is 30.2 Å². The van der Waals surface area contributed by atoms with Gasteiger partial charge in [-0.05, 0) is 96.0 Å². The zero-order valence-electron chi connectivity index (χ0n) is 30.0. The maximum Gasteiger partial charge on any atom is 0.337 e. The molecule has 0 saturated carbocycles. The van der Waals surface area contributed by atoms with Gasteiger partial charge in [-0.15, -0.1) is 0 Å². The Morgan fingerprint density at radius 2 is 1.87 bits per heavy atom. The fraction of sp³-hybridized carbons (Fsp3) is 0.553. The zero-order valence-corrected chi connectivity index (χ0v) is 30.0. The van der Waals surface area contributed by atoms with Crippen molar-refractivity contribution in [2.24, 2.45) is 5.41 Å². The first-order valence-corrected chi connectivity index (χ1v) is 16.7. The summed E-state index contributed by atoms with van der Waals surface area (Å²) in [6.45, 7) is 19.6. The van der Waals surface area contributed by atoms with E-state index in [2.05, 4.69) is 55.8 Å². The normalized spacial score (nSPS) is 18.0. The number of esters is 1. The predicted molar refractivity (Wildman–Crippen MR) is 188 cm³/mol. The molecule has 2 atom stereocenters. The number of nitrogens with zero attached hydrogens (tertiary/aromatic N) is 3. The van der Waals surface area contributed by atoms with Crippen LogP contribution in [0.5, 0.6) is 0 Å². The molecule has 1 aromatic rings. The van der Waals surface area contributed by atoms with Gasteiger partial charge in [-0.1, -0.05) is 83.9 Å². The van der Waals surface area contributed by atoms with Gasteiger partial charge in [-0.3, -0.25) is 9.69 Å². The maximum absolute atomic E-state index is 13.6. The van der Waals surface area contributed by atoms with Crippen LogP contribution in [0.15, 0.2) is 65.9 Å². The summed E-state index contributed by atoms with van der Waals surface area (Å²) in [6, 6.07) is 5.34. The third-order valence-corrected chi connectivity index (χ3v) is 8.37. The minimum Gasteiger partial charge on any atom is -0.466 e. The molecule has 47 heavy (non-hydrogen) atoms. The van der Waals surface area contributed by atoms with E-state index in [0.717, 1.165) is 57.5 Å². The van der Waals surface area contributed by atoms with E-state index in [1.54, 1.807) is 11.9 Å². The third-order valence-electron chi connectivity index (χ3n) is 8.37. The molecule has 2 unspecified atom stereocenters. The van der Waals surface area contributed by atoms with Crippen molar-refractivity contribution in [1.82, 2.24) is 15.1 Å². The summed E-state index contributed by atoms with van der Waals surface area (Å²) in [6.07, 6.45) is 16.4. The van der Waals surface area contributed by atoms with Crippen LogP contribution in [0, 0.1) is 28.4 Å². The number of unbranched alkanes of at least 4 members (excludes halogenated alkanes) is 2. The molecule has 1 aliphatic rings. The molecular formula is C38H58F2N4O3. The number of halogens is 2. The van der Waals surface area contributed by atoms with E-state index < -0.39 is 23.6 Å². The molecule has 262 valence electrons. The molecule has 1 heterocycles. The van der Waals surface area contributed by atoms with Crippen LogP contribution in [0.3, 0.4) is 0 Å². The number of nitriles is 1. The van der Waals surface area contributed by atoms with Gasteiger partial charge in [0.15, 0.2) is 11.6 Å². The lowest BCUT2D eigenvalue weighted by atomic mass is 9.74. The number of hydrogen-bond acceptors (Lipinski definition) is 6. The highest BCUT2D eigenvalue weighted by molar-refractivity contribution is 5.91. The van der Waals surface area contributed by atoms with E-state index in [1.807, 2.05) is 26.0 Å². The molecule has 9 heteroatoms. The highest BCUT2D eigenvalue weighted by atomic mass is 19.2. The number of rotatable bonds is 14. The number of nitrogens with one attached hydrogen (secondary N) is 1. The van der Waals surface area contributed by atoms with E-state index >= 15 is 0 Å². The van der Waals surface area contributed by atoms with Gasteiger partial charge in [0, 0.05) is 5.70 Å². The van der Waals surface area contributed by atoms with Crippen molar-refractivity contribution in [2.45, 2.75) is 92.5 Å². The van der Waals surface area contributed by atoms with Gasteiger partial charge in [0.25, 0.3) is 0 Å². The Labute approximate surface area is 283 Å². The van der Waals surface area contributed by atoms with Gasteiger partial charge >= 0.3 is 5.97 Å². The van der Waals surface area contributed by atoms with E-state index in [9.17, 15) is 23.6 Å². The van der Waals surface area contributed by atoms with Crippen LogP contribution in [0.1, 0.15) is 98.1 Å². The first-order valence-electron chi connectivity index (χ1n) is 16.7. The number of carbonyl (C=O) groups is 2. The Kier molecular flexibility index (Phi) is 22.7. The summed E-state index contributed by atoms with van der Waals surface area (Å²) >= 11 is 0. The molecule has 2 rings (SSSR count). The van der Waals surface area contributed by atoms with Crippen LogP contribution in [-0.2, 0) is 14.3 Å². The van der Waals surface area contributed by atoms with E-state index in [-0.39, 0.29) is 16.7 Å². The average Bonchev–Trinajstić information content (AvgIpc) is 3.30. The highest BCUT2D eigenvalue weighted by Crippen LogP contribution is 2.40. The van der Waals surface area contributed by atoms with Gasteiger partial charge < -0.3 is 15.0 Å². The average molecular weight is 657 g/mol. The number of amides is 1. The molecular weight excluding hydrogens is 598 g/mol. The second kappa shape index (κ2) is 24.5. The minimum absolute atomic E-state index is 0.148. The van der Waals surface area contributed by atoms with E-state index in [1.165, 1.54) is 44.9 Å². The molecule has 0 bridgehead atoms. The van der Waals surface area contributed by atoms with Crippen molar-refractivity contribution < 1.29 is 23.1 Å². The van der Waals surface area contributed by atoms with Crippen LogP contribution in [0.4, 0.5) is 8.78 Å². The van der Waals surface area contributed by atoms with Crippen LogP contribution in [0.2, 0.25) is 0 Å². The van der Waals surface area contributed by atoms with Crippen molar-refractivity contribution in [1.29, 1.82) is 5.26 Å². The fourth-order valence-corrected chi connectivity index (χ4v) is 5.43. The monoisotopic (exact) mass is 656 g/mol. The number of ether oxygens (including phenoxy) is 1. The third kappa shape index (κ3) is 14.4. The predicted octanol–water partition coefficient (Wildman–Crippen LogP) is 8.43. The van der Waals surface area contributed by atoms with Crippen molar-refractivity contribution in [2.75, 3.05) is 40.3 Å². The Balaban J connectivity index is 0.000000797. The molecule has 0 aliphatic carbocycles. The standard InChI is InChI=1S/C17H26N2.C16H20F2N2O3.C5H12/c1-4-7-10-16(9-5-2)17(15-18)11-8-13-19(6-3)14-12-17;1-5-20(3)15(11-6-7-12(17)13(18)8-11)14(16(22)23-4)10(2)19-9-21;1-3-5-4-2/h4-5,7,9H,2,6,8,10-14H2,1,3H3;6-9,15H,5H2,1-4H3,(H,19,21);3-5H2,1-2H3/b7-4-,16-9+;14-10+;. The number of methoxy groups -OCH3 is 1. The van der Waals surface area contributed by atoms with E-state index in [4.69, 9.17) is 4.74 Å². The number of benzene rings is 1. The molecule has 0 radical (unpaired) electrons. The Hall–Kier alpha value is -3.61.